The molecule has 5 nitrogen and oxygen atoms in total. The van der Waals surface area contributed by atoms with Crippen LogP contribution in [0.2, 0.25) is 0 Å². The molecule has 3 rings (SSSR count). The van der Waals surface area contributed by atoms with Gasteiger partial charge >= 0.3 is 0 Å². The molecular weight excluding hydrogens is 328 g/mol. The average molecular weight is 354 g/mol. The van der Waals surface area contributed by atoms with E-state index in [4.69, 9.17) is 0 Å². The minimum Gasteiger partial charge on any atom is -0.394 e. The second-order valence-corrected chi connectivity index (χ2v) is 6.73. The van der Waals surface area contributed by atoms with Gasteiger partial charge in [0.25, 0.3) is 5.91 Å². The molecule has 0 radical (unpaired) electrons. The largest absolute Gasteiger partial charge is 0.394 e. The number of aliphatic hydroxyl groups is 2. The molecule has 2 atom stereocenters. The zero-order valence-corrected chi connectivity index (χ0v) is 14.8. The quantitative estimate of drug-likeness (QED) is 0.639. The van der Waals surface area contributed by atoms with Crippen LogP contribution in [0.1, 0.15) is 46.3 Å². The summed E-state index contributed by atoms with van der Waals surface area (Å²) in [5.41, 5.74) is 2.33. The summed E-state index contributed by atoms with van der Waals surface area (Å²) in [4.78, 5) is 12.9. The van der Waals surface area contributed by atoms with E-state index in [1.165, 1.54) is 0 Å². The second-order valence-electron chi connectivity index (χ2n) is 6.73. The third-order valence-corrected chi connectivity index (χ3v) is 5.02. The first-order valence-corrected chi connectivity index (χ1v) is 9.15. The summed E-state index contributed by atoms with van der Waals surface area (Å²) in [7, 11) is 0. The van der Waals surface area contributed by atoms with Crippen LogP contribution in [0.4, 0.5) is 0 Å². The Morgan fingerprint density at radius 2 is 1.73 bits per heavy atom. The number of piperidine rings is 1. The Bertz CT molecular complexity index is 714. The number of hydrogen-bond donors (Lipinski definition) is 4. The van der Waals surface area contributed by atoms with Crippen molar-refractivity contribution in [2.75, 3.05) is 19.7 Å². The number of benzene rings is 2. The van der Waals surface area contributed by atoms with E-state index < -0.39 is 12.1 Å². The molecule has 5 heteroatoms. The Balaban J connectivity index is 1.76. The van der Waals surface area contributed by atoms with Crippen molar-refractivity contribution in [1.29, 1.82) is 0 Å². The summed E-state index contributed by atoms with van der Waals surface area (Å²) in [5.74, 6) is 0.0954. The topological polar surface area (TPSA) is 81.6 Å². The summed E-state index contributed by atoms with van der Waals surface area (Å²) < 4.78 is 0. The Morgan fingerprint density at radius 1 is 1.08 bits per heavy atom. The minimum atomic E-state index is -0.962. The summed E-state index contributed by atoms with van der Waals surface area (Å²) >= 11 is 0. The summed E-state index contributed by atoms with van der Waals surface area (Å²) in [6, 6.07) is 15.9. The molecule has 1 amide bonds. The van der Waals surface area contributed by atoms with Crippen molar-refractivity contribution < 1.29 is 15.0 Å². The lowest BCUT2D eigenvalue weighted by atomic mass is 9.87. The fourth-order valence-corrected chi connectivity index (χ4v) is 3.55. The fraction of sp³-hybridized carbons (Fsp3) is 0.381. The number of aliphatic hydroxyl groups excluding tert-OH is 2. The first kappa shape index (κ1) is 18.6. The van der Waals surface area contributed by atoms with Gasteiger partial charge in [0.1, 0.15) is 6.10 Å². The molecule has 4 N–H and O–H groups in total. The summed E-state index contributed by atoms with van der Waals surface area (Å²) in [6.45, 7) is 1.57. The van der Waals surface area contributed by atoms with Crippen LogP contribution in [0.25, 0.3) is 0 Å². The molecule has 0 bridgehead atoms. The van der Waals surface area contributed by atoms with Gasteiger partial charge in [-0.2, -0.15) is 0 Å². The van der Waals surface area contributed by atoms with Crippen LogP contribution in [0.15, 0.2) is 54.6 Å². The van der Waals surface area contributed by atoms with Gasteiger partial charge in [-0.15, -0.1) is 0 Å². The third kappa shape index (κ3) is 4.30. The van der Waals surface area contributed by atoms with E-state index in [1.54, 1.807) is 12.1 Å². The number of nitrogens with one attached hydrogen (secondary N) is 2. The van der Waals surface area contributed by atoms with Crippen LogP contribution >= 0.6 is 0 Å². The highest BCUT2D eigenvalue weighted by Gasteiger charge is 2.25. The van der Waals surface area contributed by atoms with Crippen molar-refractivity contribution in [3.63, 3.8) is 0 Å². The van der Waals surface area contributed by atoms with Crippen molar-refractivity contribution in [2.45, 2.75) is 30.9 Å². The molecule has 0 spiro atoms. The molecule has 0 saturated carbocycles. The maximum absolute atomic E-state index is 12.9. The van der Waals surface area contributed by atoms with Gasteiger partial charge in [-0.25, -0.2) is 0 Å². The first-order valence-electron chi connectivity index (χ1n) is 9.15. The molecule has 1 aliphatic rings. The Morgan fingerprint density at radius 3 is 2.42 bits per heavy atom. The fourth-order valence-electron chi connectivity index (χ4n) is 3.55. The normalized spacial score (nSPS) is 17.5. The first-order chi connectivity index (χ1) is 12.7. The second kappa shape index (κ2) is 8.94. The predicted molar refractivity (Wildman–Crippen MR) is 101 cm³/mol. The van der Waals surface area contributed by atoms with E-state index >= 15 is 0 Å². The smallest absolute Gasteiger partial charge is 0.251 e. The molecule has 2 aromatic rings. The lowest BCUT2D eigenvalue weighted by molar-refractivity contribution is 0.0702. The Labute approximate surface area is 154 Å². The van der Waals surface area contributed by atoms with Crippen LogP contribution in [0, 0.1) is 0 Å². The van der Waals surface area contributed by atoms with E-state index in [-0.39, 0.29) is 12.5 Å². The highest BCUT2D eigenvalue weighted by atomic mass is 16.3. The number of hydrogen-bond acceptors (Lipinski definition) is 4. The number of carbonyl (C=O) groups excluding carboxylic acids is 1. The zero-order chi connectivity index (χ0) is 18.4. The van der Waals surface area contributed by atoms with E-state index in [2.05, 4.69) is 10.6 Å². The highest BCUT2D eigenvalue weighted by Crippen LogP contribution is 2.28. The van der Waals surface area contributed by atoms with Crippen LogP contribution in [0.5, 0.6) is 0 Å². The van der Waals surface area contributed by atoms with E-state index in [1.807, 2.05) is 42.5 Å². The maximum atomic E-state index is 12.9. The average Bonchev–Trinajstić information content (AvgIpc) is 2.72. The Kier molecular flexibility index (Phi) is 6.39. The predicted octanol–water partition coefficient (Wildman–Crippen LogP) is 1.98. The zero-order valence-electron chi connectivity index (χ0n) is 14.8. The summed E-state index contributed by atoms with van der Waals surface area (Å²) in [6.07, 6.45) is 1.04. The van der Waals surface area contributed by atoms with E-state index in [9.17, 15) is 15.0 Å². The van der Waals surface area contributed by atoms with Gasteiger partial charge in [0.05, 0.1) is 12.6 Å². The molecule has 1 heterocycles. The third-order valence-electron chi connectivity index (χ3n) is 5.02. The van der Waals surface area contributed by atoms with Crippen molar-refractivity contribution in [1.82, 2.24) is 10.6 Å². The van der Waals surface area contributed by atoms with Crippen LogP contribution in [-0.4, -0.2) is 41.9 Å². The monoisotopic (exact) mass is 354 g/mol. The molecule has 2 aromatic carbocycles. The molecule has 0 aliphatic carbocycles. The molecule has 0 aromatic heterocycles. The number of amides is 1. The minimum absolute atomic E-state index is 0.256. The molecule has 1 fully saturated rings. The SMILES string of the molecule is O=C(NC(CO)C(O)c1ccccc1)c1ccccc1C1CCNCC1. The van der Waals surface area contributed by atoms with Crippen LogP contribution in [0.3, 0.4) is 0 Å². The van der Waals surface area contributed by atoms with Gasteiger partial charge in [-0.1, -0.05) is 48.5 Å². The van der Waals surface area contributed by atoms with Crippen molar-refractivity contribution in [3.05, 3.63) is 71.3 Å². The van der Waals surface area contributed by atoms with Crippen LogP contribution < -0.4 is 10.6 Å². The standard InChI is InChI=1S/C21H26N2O3/c24-14-19(20(25)16-6-2-1-3-7-16)23-21(26)18-9-5-4-8-17(18)15-10-12-22-13-11-15/h1-9,15,19-20,22,24-25H,10-14H2,(H,23,26). The molecule has 2 unspecified atom stereocenters. The van der Waals surface area contributed by atoms with Gasteiger partial charge in [0.2, 0.25) is 0 Å². The van der Waals surface area contributed by atoms with Crippen molar-refractivity contribution >= 4 is 5.91 Å². The molecule has 138 valence electrons. The Hall–Kier alpha value is -2.21. The van der Waals surface area contributed by atoms with Crippen molar-refractivity contribution in [3.8, 4) is 0 Å². The van der Waals surface area contributed by atoms with Gasteiger partial charge in [0, 0.05) is 5.56 Å². The van der Waals surface area contributed by atoms with E-state index in [0.29, 0.717) is 17.0 Å². The molecule has 1 aliphatic heterocycles. The maximum Gasteiger partial charge on any atom is 0.251 e. The lowest BCUT2D eigenvalue weighted by Gasteiger charge is -2.26. The molecule has 26 heavy (non-hydrogen) atoms. The summed E-state index contributed by atoms with van der Waals surface area (Å²) in [5, 5.41) is 26.3. The van der Waals surface area contributed by atoms with Crippen molar-refractivity contribution in [2.24, 2.45) is 0 Å². The molecular formula is C21H26N2O3. The number of rotatable bonds is 6. The van der Waals surface area contributed by atoms with Gasteiger partial charge in [0.15, 0.2) is 0 Å². The lowest BCUT2D eigenvalue weighted by Crippen LogP contribution is -2.42. The molecule has 1 saturated heterocycles. The van der Waals surface area contributed by atoms with Gasteiger partial charge in [-0.05, 0) is 49.0 Å². The van der Waals surface area contributed by atoms with Crippen LogP contribution in [-0.2, 0) is 0 Å². The number of carbonyl (C=O) groups is 1. The highest BCUT2D eigenvalue weighted by molar-refractivity contribution is 5.96. The van der Waals surface area contributed by atoms with Gasteiger partial charge < -0.3 is 20.8 Å². The van der Waals surface area contributed by atoms with Gasteiger partial charge in [-0.3, -0.25) is 4.79 Å². The van der Waals surface area contributed by atoms with E-state index in [0.717, 1.165) is 31.5 Å².